The first-order valence-electron chi connectivity index (χ1n) is 7.64. The van der Waals surface area contributed by atoms with Gasteiger partial charge in [-0.2, -0.15) is 5.10 Å². The van der Waals surface area contributed by atoms with Gasteiger partial charge in [0.2, 0.25) is 5.78 Å². The highest BCUT2D eigenvalue weighted by molar-refractivity contribution is 6.14. The minimum absolute atomic E-state index is 0.0886. The van der Waals surface area contributed by atoms with E-state index in [-0.39, 0.29) is 22.8 Å². The van der Waals surface area contributed by atoms with E-state index >= 15 is 0 Å². The van der Waals surface area contributed by atoms with Gasteiger partial charge in [0.15, 0.2) is 0 Å². The molecule has 1 aromatic heterocycles. The standard InChI is InChI=1S/C19H18N2O4/c1-21-13(9-10-20-21)16-14(24-2)11-15(25-3)17(19(16)23)18(22)12-7-5-4-6-8-12/h4-11,23H,1-3H3. The summed E-state index contributed by atoms with van der Waals surface area (Å²) >= 11 is 0. The van der Waals surface area contributed by atoms with Crippen molar-refractivity contribution in [1.29, 1.82) is 0 Å². The highest BCUT2D eigenvalue weighted by Gasteiger charge is 2.27. The SMILES string of the molecule is COc1cc(OC)c(-c2ccnn2C)c(O)c1C(=O)c1ccccc1. The van der Waals surface area contributed by atoms with Crippen LogP contribution in [0.2, 0.25) is 0 Å². The molecule has 1 heterocycles. The van der Waals surface area contributed by atoms with Crippen LogP contribution in [0.4, 0.5) is 0 Å². The van der Waals surface area contributed by atoms with Gasteiger partial charge in [0.05, 0.1) is 25.5 Å². The molecule has 25 heavy (non-hydrogen) atoms. The maximum absolute atomic E-state index is 12.9. The molecule has 3 rings (SSSR count). The van der Waals surface area contributed by atoms with Crippen molar-refractivity contribution in [2.24, 2.45) is 7.05 Å². The molecule has 0 amide bonds. The summed E-state index contributed by atoms with van der Waals surface area (Å²) in [6.07, 6.45) is 1.61. The quantitative estimate of drug-likeness (QED) is 0.724. The average molecular weight is 338 g/mol. The van der Waals surface area contributed by atoms with E-state index in [9.17, 15) is 9.90 Å². The van der Waals surface area contributed by atoms with Gasteiger partial charge in [-0.25, -0.2) is 0 Å². The molecule has 0 aliphatic rings. The fourth-order valence-corrected chi connectivity index (χ4v) is 2.76. The minimum atomic E-state index is -0.332. The second kappa shape index (κ2) is 6.68. The van der Waals surface area contributed by atoms with Crippen LogP contribution in [0, 0.1) is 0 Å². The van der Waals surface area contributed by atoms with Gasteiger partial charge in [-0.1, -0.05) is 30.3 Å². The van der Waals surface area contributed by atoms with Gasteiger partial charge in [0, 0.05) is 24.9 Å². The summed E-state index contributed by atoms with van der Waals surface area (Å²) in [5, 5.41) is 15.0. The number of carbonyl (C=O) groups is 1. The molecule has 0 saturated carbocycles. The summed E-state index contributed by atoms with van der Waals surface area (Å²) in [7, 11) is 4.68. The molecule has 0 unspecified atom stereocenters. The third-order valence-electron chi connectivity index (χ3n) is 4.01. The topological polar surface area (TPSA) is 73.6 Å². The average Bonchev–Trinajstić information content (AvgIpc) is 3.06. The van der Waals surface area contributed by atoms with Crippen LogP contribution in [-0.2, 0) is 7.05 Å². The number of aromatic nitrogens is 2. The molecule has 0 aliphatic heterocycles. The van der Waals surface area contributed by atoms with E-state index in [1.165, 1.54) is 14.2 Å². The lowest BCUT2D eigenvalue weighted by molar-refractivity contribution is 0.103. The zero-order valence-electron chi connectivity index (χ0n) is 14.2. The molecule has 0 atom stereocenters. The Morgan fingerprint density at radius 2 is 1.76 bits per heavy atom. The summed E-state index contributed by atoms with van der Waals surface area (Å²) < 4.78 is 12.3. The Hall–Kier alpha value is -3.28. The van der Waals surface area contributed by atoms with Crippen LogP contribution in [0.3, 0.4) is 0 Å². The van der Waals surface area contributed by atoms with E-state index < -0.39 is 0 Å². The molecule has 1 N–H and O–H groups in total. The first kappa shape index (κ1) is 16.6. The van der Waals surface area contributed by atoms with E-state index in [0.717, 1.165) is 0 Å². The zero-order chi connectivity index (χ0) is 18.0. The van der Waals surface area contributed by atoms with Gasteiger partial charge >= 0.3 is 0 Å². The van der Waals surface area contributed by atoms with Gasteiger partial charge in [0.1, 0.15) is 22.8 Å². The highest BCUT2D eigenvalue weighted by atomic mass is 16.5. The second-order valence-corrected chi connectivity index (χ2v) is 5.41. The summed E-state index contributed by atoms with van der Waals surface area (Å²) in [5.41, 5.74) is 1.56. The Morgan fingerprint density at radius 1 is 1.08 bits per heavy atom. The Bertz CT molecular complexity index is 917. The lowest BCUT2D eigenvalue weighted by Crippen LogP contribution is -2.07. The highest BCUT2D eigenvalue weighted by Crippen LogP contribution is 2.45. The largest absolute Gasteiger partial charge is 0.506 e. The van der Waals surface area contributed by atoms with Crippen molar-refractivity contribution in [2.45, 2.75) is 0 Å². The number of ether oxygens (including phenoxy) is 2. The van der Waals surface area contributed by atoms with Crippen molar-refractivity contribution in [3.8, 4) is 28.5 Å². The molecule has 0 saturated heterocycles. The molecule has 3 aromatic rings. The van der Waals surface area contributed by atoms with Crippen LogP contribution in [0.5, 0.6) is 17.2 Å². The maximum atomic E-state index is 12.9. The summed E-state index contributed by atoms with van der Waals surface area (Å²) in [4.78, 5) is 12.9. The lowest BCUT2D eigenvalue weighted by Gasteiger charge is -2.17. The van der Waals surface area contributed by atoms with Crippen molar-refractivity contribution in [3.63, 3.8) is 0 Å². The Kier molecular flexibility index (Phi) is 4.43. The Morgan fingerprint density at radius 3 is 2.32 bits per heavy atom. The van der Waals surface area contributed by atoms with Crippen LogP contribution < -0.4 is 9.47 Å². The van der Waals surface area contributed by atoms with E-state index in [0.29, 0.717) is 22.6 Å². The van der Waals surface area contributed by atoms with Gasteiger partial charge in [-0.3, -0.25) is 9.48 Å². The predicted molar refractivity (Wildman–Crippen MR) is 93.3 cm³/mol. The number of phenols is 1. The van der Waals surface area contributed by atoms with Crippen molar-refractivity contribution < 1.29 is 19.4 Å². The first-order chi connectivity index (χ1) is 12.1. The smallest absolute Gasteiger partial charge is 0.200 e. The third kappa shape index (κ3) is 2.82. The summed E-state index contributed by atoms with van der Waals surface area (Å²) in [6.45, 7) is 0. The monoisotopic (exact) mass is 338 g/mol. The van der Waals surface area contributed by atoms with Crippen LogP contribution in [-0.4, -0.2) is 34.9 Å². The molecule has 6 nitrogen and oxygen atoms in total. The van der Waals surface area contributed by atoms with Crippen molar-refractivity contribution in [1.82, 2.24) is 9.78 Å². The number of aromatic hydroxyl groups is 1. The number of rotatable bonds is 5. The van der Waals surface area contributed by atoms with Crippen LogP contribution in [0.1, 0.15) is 15.9 Å². The molecule has 0 radical (unpaired) electrons. The fourth-order valence-electron chi connectivity index (χ4n) is 2.76. The van der Waals surface area contributed by atoms with Gasteiger partial charge < -0.3 is 14.6 Å². The van der Waals surface area contributed by atoms with E-state index in [2.05, 4.69) is 5.10 Å². The number of phenolic OH excluding ortho intramolecular Hbond substituents is 1. The number of carbonyl (C=O) groups excluding carboxylic acids is 1. The van der Waals surface area contributed by atoms with Gasteiger partial charge in [0.25, 0.3) is 0 Å². The molecular weight excluding hydrogens is 320 g/mol. The number of benzene rings is 2. The molecule has 128 valence electrons. The number of methoxy groups -OCH3 is 2. The molecule has 0 fully saturated rings. The normalized spacial score (nSPS) is 10.5. The molecular formula is C19H18N2O4. The van der Waals surface area contributed by atoms with Crippen molar-refractivity contribution in [3.05, 3.63) is 59.8 Å². The molecule has 0 spiro atoms. The Labute approximate surface area is 145 Å². The third-order valence-corrected chi connectivity index (χ3v) is 4.01. The second-order valence-electron chi connectivity index (χ2n) is 5.41. The number of hydrogen-bond acceptors (Lipinski definition) is 5. The first-order valence-corrected chi connectivity index (χ1v) is 7.64. The fraction of sp³-hybridized carbons (Fsp3) is 0.158. The van der Waals surface area contributed by atoms with E-state index in [1.54, 1.807) is 54.3 Å². The maximum Gasteiger partial charge on any atom is 0.200 e. The van der Waals surface area contributed by atoms with E-state index in [1.807, 2.05) is 6.07 Å². The summed E-state index contributed by atoms with van der Waals surface area (Å²) in [6, 6.07) is 12.1. The number of nitrogens with zero attached hydrogens (tertiary/aromatic N) is 2. The van der Waals surface area contributed by atoms with Crippen molar-refractivity contribution >= 4 is 5.78 Å². The Balaban J connectivity index is 2.28. The van der Waals surface area contributed by atoms with Crippen molar-refractivity contribution in [2.75, 3.05) is 14.2 Å². The predicted octanol–water partition coefficient (Wildman–Crippen LogP) is 3.04. The van der Waals surface area contributed by atoms with E-state index in [4.69, 9.17) is 9.47 Å². The number of aryl methyl sites for hydroxylation is 1. The van der Waals surface area contributed by atoms with Gasteiger partial charge in [-0.05, 0) is 6.07 Å². The van der Waals surface area contributed by atoms with Crippen LogP contribution in [0.15, 0.2) is 48.7 Å². The molecule has 6 heteroatoms. The number of hydrogen-bond donors (Lipinski definition) is 1. The molecule has 2 aromatic carbocycles. The summed E-state index contributed by atoms with van der Waals surface area (Å²) in [5.74, 6) is 0.103. The molecule has 0 aliphatic carbocycles. The zero-order valence-corrected chi connectivity index (χ0v) is 14.2. The van der Waals surface area contributed by atoms with Gasteiger partial charge in [-0.15, -0.1) is 0 Å². The number of ketones is 1. The van der Waals surface area contributed by atoms with Crippen LogP contribution in [0.25, 0.3) is 11.3 Å². The minimum Gasteiger partial charge on any atom is -0.506 e. The molecule has 0 bridgehead atoms. The lowest BCUT2D eigenvalue weighted by atomic mass is 9.96. The van der Waals surface area contributed by atoms with Crippen LogP contribution >= 0.6 is 0 Å².